The minimum absolute atomic E-state index is 0.304. The van der Waals surface area contributed by atoms with Gasteiger partial charge in [-0.2, -0.15) is 0 Å². The Morgan fingerprint density at radius 3 is 2.35 bits per heavy atom. The number of hydrogen-bond donors (Lipinski definition) is 1. The third-order valence-electron chi connectivity index (χ3n) is 4.84. The highest BCUT2D eigenvalue weighted by atomic mass is 15.3. The molecule has 2 aliphatic rings. The monoisotopic (exact) mass is 239 g/mol. The fraction of sp³-hybridized carbons (Fsp3) is 1.00. The van der Waals surface area contributed by atoms with Gasteiger partial charge in [-0.1, -0.05) is 6.92 Å². The molecule has 2 saturated heterocycles. The van der Waals surface area contributed by atoms with Crippen LogP contribution in [0.5, 0.6) is 0 Å². The molecule has 0 saturated carbocycles. The van der Waals surface area contributed by atoms with Crippen LogP contribution in [0, 0.1) is 0 Å². The minimum atomic E-state index is 0.304. The smallest absolute Gasteiger partial charge is 0.0285 e. The van der Waals surface area contributed by atoms with Crippen molar-refractivity contribution in [1.82, 2.24) is 15.1 Å². The summed E-state index contributed by atoms with van der Waals surface area (Å²) in [5.74, 6) is 0. The topological polar surface area (TPSA) is 18.5 Å². The van der Waals surface area contributed by atoms with Crippen molar-refractivity contribution in [2.45, 2.75) is 58.2 Å². The molecular weight excluding hydrogens is 210 g/mol. The van der Waals surface area contributed by atoms with Crippen molar-refractivity contribution in [3.8, 4) is 0 Å². The number of nitrogens with zero attached hydrogens (tertiary/aromatic N) is 2. The van der Waals surface area contributed by atoms with Crippen LogP contribution in [0.3, 0.4) is 0 Å². The normalized spacial score (nSPS) is 32.8. The van der Waals surface area contributed by atoms with Crippen molar-refractivity contribution < 1.29 is 0 Å². The largest absolute Gasteiger partial charge is 0.310 e. The summed E-state index contributed by atoms with van der Waals surface area (Å²) in [7, 11) is 0. The van der Waals surface area contributed by atoms with Crippen LogP contribution in [0.15, 0.2) is 0 Å². The molecule has 2 aliphatic heterocycles. The zero-order chi connectivity index (χ0) is 12.5. The second kappa shape index (κ2) is 5.25. The summed E-state index contributed by atoms with van der Waals surface area (Å²) in [5.41, 5.74) is 0.304. The van der Waals surface area contributed by atoms with Crippen LogP contribution in [0.25, 0.3) is 0 Å². The van der Waals surface area contributed by atoms with Crippen LogP contribution >= 0.6 is 0 Å². The van der Waals surface area contributed by atoms with Gasteiger partial charge >= 0.3 is 0 Å². The molecule has 0 aromatic carbocycles. The van der Waals surface area contributed by atoms with Crippen molar-refractivity contribution in [3.63, 3.8) is 0 Å². The molecule has 0 amide bonds. The summed E-state index contributed by atoms with van der Waals surface area (Å²) in [5, 5.41) is 3.63. The Morgan fingerprint density at radius 1 is 1.24 bits per heavy atom. The summed E-state index contributed by atoms with van der Waals surface area (Å²) in [6.45, 7) is 15.5. The van der Waals surface area contributed by atoms with Gasteiger partial charge in [0.1, 0.15) is 0 Å². The van der Waals surface area contributed by atoms with E-state index in [0.717, 1.165) is 12.1 Å². The Labute approximate surface area is 107 Å². The summed E-state index contributed by atoms with van der Waals surface area (Å²) >= 11 is 0. The van der Waals surface area contributed by atoms with Gasteiger partial charge in [-0.25, -0.2) is 0 Å². The van der Waals surface area contributed by atoms with Crippen molar-refractivity contribution in [3.05, 3.63) is 0 Å². The van der Waals surface area contributed by atoms with Crippen molar-refractivity contribution >= 4 is 0 Å². The molecule has 100 valence electrons. The van der Waals surface area contributed by atoms with Gasteiger partial charge in [-0.05, 0) is 40.2 Å². The van der Waals surface area contributed by atoms with Crippen LogP contribution in [-0.2, 0) is 0 Å². The molecule has 3 nitrogen and oxygen atoms in total. The molecular formula is C14H29N3. The van der Waals surface area contributed by atoms with Crippen molar-refractivity contribution in [1.29, 1.82) is 0 Å². The predicted molar refractivity (Wildman–Crippen MR) is 73.4 cm³/mol. The summed E-state index contributed by atoms with van der Waals surface area (Å²) in [6, 6.07) is 1.49. The predicted octanol–water partition coefficient (Wildman–Crippen LogP) is 1.54. The van der Waals surface area contributed by atoms with E-state index in [1.165, 1.54) is 45.6 Å². The molecule has 2 heterocycles. The van der Waals surface area contributed by atoms with Gasteiger partial charge in [0, 0.05) is 43.8 Å². The van der Waals surface area contributed by atoms with Gasteiger partial charge in [0.05, 0.1) is 0 Å². The Hall–Kier alpha value is -0.120. The highest BCUT2D eigenvalue weighted by molar-refractivity contribution is 4.99. The van der Waals surface area contributed by atoms with Crippen LogP contribution in [0.2, 0.25) is 0 Å². The first-order valence-electron chi connectivity index (χ1n) is 7.27. The van der Waals surface area contributed by atoms with Gasteiger partial charge in [0.25, 0.3) is 0 Å². The molecule has 2 atom stereocenters. The zero-order valence-corrected chi connectivity index (χ0v) is 12.0. The highest BCUT2D eigenvalue weighted by Crippen LogP contribution is 2.25. The summed E-state index contributed by atoms with van der Waals surface area (Å²) in [6.07, 6.45) is 2.59. The Balaban J connectivity index is 1.87. The van der Waals surface area contributed by atoms with Crippen LogP contribution < -0.4 is 5.32 Å². The van der Waals surface area contributed by atoms with E-state index in [4.69, 9.17) is 0 Å². The Morgan fingerprint density at radius 2 is 1.88 bits per heavy atom. The van der Waals surface area contributed by atoms with E-state index < -0.39 is 0 Å². The molecule has 0 radical (unpaired) electrons. The fourth-order valence-corrected chi connectivity index (χ4v) is 3.40. The van der Waals surface area contributed by atoms with E-state index in [9.17, 15) is 0 Å². The molecule has 1 N–H and O–H groups in total. The third-order valence-corrected chi connectivity index (χ3v) is 4.84. The van der Waals surface area contributed by atoms with Crippen molar-refractivity contribution in [2.24, 2.45) is 0 Å². The molecule has 17 heavy (non-hydrogen) atoms. The second-order valence-corrected chi connectivity index (χ2v) is 6.28. The molecule has 2 rings (SSSR count). The van der Waals surface area contributed by atoms with E-state index in [1.807, 2.05) is 0 Å². The number of rotatable bonds is 3. The molecule has 0 spiro atoms. The number of hydrogen-bond acceptors (Lipinski definition) is 3. The zero-order valence-electron chi connectivity index (χ0n) is 12.0. The molecule has 2 unspecified atom stereocenters. The first-order chi connectivity index (χ1) is 8.04. The average molecular weight is 239 g/mol. The lowest BCUT2D eigenvalue weighted by molar-refractivity contribution is 0.0555. The fourth-order valence-electron chi connectivity index (χ4n) is 3.40. The molecule has 0 bridgehead atoms. The number of piperazine rings is 1. The van der Waals surface area contributed by atoms with Crippen molar-refractivity contribution in [2.75, 3.05) is 32.7 Å². The molecule has 2 fully saturated rings. The maximum Gasteiger partial charge on any atom is 0.0285 e. The van der Waals surface area contributed by atoms with Crippen LogP contribution in [0.4, 0.5) is 0 Å². The lowest BCUT2D eigenvalue weighted by Crippen LogP contribution is -2.58. The Bertz CT molecular complexity index is 244. The average Bonchev–Trinajstić information content (AvgIpc) is 2.68. The Kier molecular flexibility index (Phi) is 4.11. The lowest BCUT2D eigenvalue weighted by atomic mass is 9.94. The van der Waals surface area contributed by atoms with E-state index in [0.29, 0.717) is 5.54 Å². The van der Waals surface area contributed by atoms with E-state index >= 15 is 0 Å². The van der Waals surface area contributed by atoms with Gasteiger partial charge < -0.3 is 5.32 Å². The summed E-state index contributed by atoms with van der Waals surface area (Å²) in [4.78, 5) is 5.35. The lowest BCUT2D eigenvalue weighted by Gasteiger charge is -2.44. The first-order valence-corrected chi connectivity index (χ1v) is 7.27. The maximum absolute atomic E-state index is 3.63. The standard InChI is InChI=1S/C14H29N3/c1-5-12(2)16-8-10-17(11-9-16)13-6-7-15-14(13,3)4/h12-13,15H,5-11H2,1-4H3. The van der Waals surface area contributed by atoms with Crippen LogP contribution in [0.1, 0.15) is 40.5 Å². The third kappa shape index (κ3) is 2.83. The second-order valence-electron chi connectivity index (χ2n) is 6.28. The maximum atomic E-state index is 3.63. The van der Waals surface area contributed by atoms with Gasteiger partial charge in [0.15, 0.2) is 0 Å². The molecule has 3 heteroatoms. The molecule has 0 aromatic heterocycles. The van der Waals surface area contributed by atoms with E-state index in [1.54, 1.807) is 0 Å². The number of nitrogens with one attached hydrogen (secondary N) is 1. The highest BCUT2D eigenvalue weighted by Gasteiger charge is 2.39. The minimum Gasteiger partial charge on any atom is -0.310 e. The van der Waals surface area contributed by atoms with Gasteiger partial charge in [-0.3, -0.25) is 9.80 Å². The van der Waals surface area contributed by atoms with Crippen LogP contribution in [-0.4, -0.2) is 60.1 Å². The quantitative estimate of drug-likeness (QED) is 0.806. The van der Waals surface area contributed by atoms with E-state index in [-0.39, 0.29) is 0 Å². The summed E-state index contributed by atoms with van der Waals surface area (Å²) < 4.78 is 0. The van der Waals surface area contributed by atoms with Gasteiger partial charge in [-0.15, -0.1) is 0 Å². The first kappa shape index (κ1) is 13.3. The molecule has 0 aromatic rings. The van der Waals surface area contributed by atoms with Gasteiger partial charge in [0.2, 0.25) is 0 Å². The van der Waals surface area contributed by atoms with E-state index in [2.05, 4.69) is 42.8 Å². The SMILES string of the molecule is CCC(C)N1CCN(C2CCNC2(C)C)CC1. The molecule has 0 aliphatic carbocycles.